The molecule has 2 heteroatoms. The largest absolute Gasteiger partial charge is 0.372 e. The molecule has 0 radical (unpaired) electrons. The summed E-state index contributed by atoms with van der Waals surface area (Å²) >= 11 is 0. The van der Waals surface area contributed by atoms with Gasteiger partial charge >= 0.3 is 0 Å². The number of hydrogen-bond donors (Lipinski definition) is 1. The second-order valence-corrected chi connectivity index (χ2v) is 5.49. The Bertz CT molecular complexity index is 283. The summed E-state index contributed by atoms with van der Waals surface area (Å²) in [4.78, 5) is 2.55. The number of likely N-dealkylation sites (tertiary alicyclic amines) is 1. The number of nitrogens with one attached hydrogen (secondary N) is 1. The van der Waals surface area contributed by atoms with Crippen molar-refractivity contribution in [2.75, 3.05) is 13.1 Å². The van der Waals surface area contributed by atoms with Gasteiger partial charge in [-0.3, -0.25) is 4.90 Å². The molecular weight excluding hydrogens is 196 g/mol. The smallest absolute Gasteiger partial charge is 0.0985 e. The first-order valence-electron chi connectivity index (χ1n) is 6.55. The van der Waals surface area contributed by atoms with Crippen LogP contribution < -0.4 is 5.32 Å². The van der Waals surface area contributed by atoms with Crippen molar-refractivity contribution in [3.63, 3.8) is 0 Å². The molecule has 1 saturated heterocycles. The van der Waals surface area contributed by atoms with Crippen LogP contribution in [0.25, 0.3) is 0 Å². The minimum Gasteiger partial charge on any atom is -0.372 e. The second-order valence-electron chi connectivity index (χ2n) is 5.49. The number of nitrogens with zero attached hydrogens (tertiary/aromatic N) is 1. The topological polar surface area (TPSA) is 15.3 Å². The molecule has 0 bridgehead atoms. The molecule has 0 spiro atoms. The van der Waals surface area contributed by atoms with Gasteiger partial charge in [-0.15, -0.1) is 0 Å². The van der Waals surface area contributed by atoms with Crippen molar-refractivity contribution < 1.29 is 0 Å². The number of dihydropyridines is 1. The molecule has 2 heterocycles. The average Bonchev–Trinajstić information content (AvgIpc) is 2.30. The van der Waals surface area contributed by atoms with E-state index in [1.807, 2.05) is 0 Å². The lowest BCUT2D eigenvalue weighted by Crippen LogP contribution is -2.47. The van der Waals surface area contributed by atoms with Gasteiger partial charge in [0.05, 0.1) is 6.17 Å². The number of allylic oxidation sites excluding steroid dienone is 2. The molecule has 1 atom stereocenters. The van der Waals surface area contributed by atoms with Gasteiger partial charge in [0.2, 0.25) is 0 Å². The number of hydrogen-bond acceptors (Lipinski definition) is 2. The molecule has 1 N–H and O–H groups in total. The Balaban J connectivity index is 1.88. The van der Waals surface area contributed by atoms with Gasteiger partial charge in [0.15, 0.2) is 0 Å². The van der Waals surface area contributed by atoms with Gasteiger partial charge in [0.25, 0.3) is 0 Å². The highest BCUT2D eigenvalue weighted by Gasteiger charge is 2.22. The predicted octanol–water partition coefficient (Wildman–Crippen LogP) is 2.74. The fourth-order valence-electron chi connectivity index (χ4n) is 2.38. The minimum atomic E-state index is 0.426. The van der Waals surface area contributed by atoms with Crippen molar-refractivity contribution in [1.82, 2.24) is 10.2 Å². The van der Waals surface area contributed by atoms with E-state index in [1.165, 1.54) is 31.5 Å². The van der Waals surface area contributed by atoms with Gasteiger partial charge in [0.1, 0.15) is 0 Å². The molecule has 1 unspecified atom stereocenters. The van der Waals surface area contributed by atoms with E-state index in [1.54, 1.807) is 0 Å². The fourth-order valence-corrected chi connectivity index (χ4v) is 2.38. The zero-order chi connectivity index (χ0) is 11.5. The maximum atomic E-state index is 3.51. The van der Waals surface area contributed by atoms with Crippen molar-refractivity contribution in [3.05, 3.63) is 23.9 Å². The predicted molar refractivity (Wildman–Crippen MR) is 69.0 cm³/mol. The van der Waals surface area contributed by atoms with E-state index >= 15 is 0 Å². The Kier molecular flexibility index (Phi) is 3.70. The maximum Gasteiger partial charge on any atom is 0.0985 e. The van der Waals surface area contributed by atoms with Crippen LogP contribution in [0.1, 0.15) is 33.6 Å². The summed E-state index contributed by atoms with van der Waals surface area (Å²) < 4.78 is 0. The lowest BCUT2D eigenvalue weighted by atomic mass is 9.97. The molecular formula is C14H24N2. The molecule has 0 aromatic heterocycles. The first-order valence-corrected chi connectivity index (χ1v) is 6.55. The van der Waals surface area contributed by atoms with E-state index < -0.39 is 0 Å². The fraction of sp³-hybridized carbons (Fsp3) is 0.714. The summed E-state index contributed by atoms with van der Waals surface area (Å²) in [6.45, 7) is 9.29. The summed E-state index contributed by atoms with van der Waals surface area (Å²) in [5.74, 6) is 1.52. The molecule has 16 heavy (non-hydrogen) atoms. The van der Waals surface area contributed by atoms with Gasteiger partial charge in [-0.25, -0.2) is 0 Å². The Morgan fingerprint density at radius 2 is 2.00 bits per heavy atom. The standard InChI is InChI=1S/C14H24N2/c1-11(2)13-4-5-14(15-10-13)16-8-6-12(3)7-9-16/h4-5,10-12,14-15H,6-9H2,1-3H3. The van der Waals surface area contributed by atoms with Crippen LogP contribution in [0.2, 0.25) is 0 Å². The molecule has 2 aliphatic rings. The Morgan fingerprint density at radius 1 is 1.31 bits per heavy atom. The molecule has 2 nitrogen and oxygen atoms in total. The molecule has 0 aliphatic carbocycles. The highest BCUT2D eigenvalue weighted by atomic mass is 15.3. The zero-order valence-electron chi connectivity index (χ0n) is 10.7. The molecule has 0 amide bonds. The van der Waals surface area contributed by atoms with Crippen LogP contribution in [0.3, 0.4) is 0 Å². The lowest BCUT2D eigenvalue weighted by molar-refractivity contribution is 0.149. The summed E-state index contributed by atoms with van der Waals surface area (Å²) in [6, 6.07) is 0. The molecule has 2 aliphatic heterocycles. The van der Waals surface area contributed by atoms with Crippen molar-refractivity contribution in [3.8, 4) is 0 Å². The van der Waals surface area contributed by atoms with Crippen LogP contribution in [-0.2, 0) is 0 Å². The Labute approximate surface area is 99.4 Å². The molecule has 0 aromatic rings. The van der Waals surface area contributed by atoms with Crippen LogP contribution in [0, 0.1) is 11.8 Å². The molecule has 90 valence electrons. The second kappa shape index (κ2) is 5.05. The third-order valence-corrected chi connectivity index (χ3v) is 3.77. The van der Waals surface area contributed by atoms with E-state index in [9.17, 15) is 0 Å². The highest BCUT2D eigenvalue weighted by molar-refractivity contribution is 5.25. The highest BCUT2D eigenvalue weighted by Crippen LogP contribution is 2.20. The van der Waals surface area contributed by atoms with E-state index in [2.05, 4.69) is 49.3 Å². The van der Waals surface area contributed by atoms with Gasteiger partial charge in [-0.1, -0.05) is 26.8 Å². The number of rotatable bonds is 2. The van der Waals surface area contributed by atoms with Crippen molar-refractivity contribution in [2.24, 2.45) is 11.8 Å². The van der Waals surface area contributed by atoms with Gasteiger partial charge in [0, 0.05) is 19.3 Å². The van der Waals surface area contributed by atoms with E-state index in [-0.39, 0.29) is 0 Å². The van der Waals surface area contributed by atoms with Crippen LogP contribution in [0.15, 0.2) is 23.9 Å². The molecule has 0 saturated carbocycles. The van der Waals surface area contributed by atoms with E-state index in [0.717, 1.165) is 5.92 Å². The van der Waals surface area contributed by atoms with Crippen LogP contribution >= 0.6 is 0 Å². The van der Waals surface area contributed by atoms with Crippen molar-refractivity contribution in [1.29, 1.82) is 0 Å². The van der Waals surface area contributed by atoms with Gasteiger partial charge < -0.3 is 5.32 Å². The molecule has 1 fully saturated rings. The summed E-state index contributed by atoms with van der Waals surface area (Å²) in [5.41, 5.74) is 1.40. The third kappa shape index (κ3) is 2.67. The number of piperidine rings is 1. The van der Waals surface area contributed by atoms with E-state index in [4.69, 9.17) is 0 Å². The Hall–Kier alpha value is -0.760. The minimum absolute atomic E-state index is 0.426. The first-order chi connectivity index (χ1) is 7.66. The van der Waals surface area contributed by atoms with Gasteiger partial charge in [-0.2, -0.15) is 0 Å². The zero-order valence-corrected chi connectivity index (χ0v) is 10.7. The lowest BCUT2D eigenvalue weighted by Gasteiger charge is -2.36. The van der Waals surface area contributed by atoms with Crippen LogP contribution in [0.5, 0.6) is 0 Å². The summed E-state index contributed by atoms with van der Waals surface area (Å²) in [5, 5.41) is 3.51. The third-order valence-electron chi connectivity index (χ3n) is 3.77. The molecule has 0 aromatic carbocycles. The van der Waals surface area contributed by atoms with Crippen LogP contribution in [0.4, 0.5) is 0 Å². The normalized spacial score (nSPS) is 28.0. The maximum absolute atomic E-state index is 3.51. The SMILES string of the molecule is CC1CCN(C2C=CC(C(C)C)=CN2)CC1. The van der Waals surface area contributed by atoms with Crippen LogP contribution in [-0.4, -0.2) is 24.2 Å². The molecule has 2 rings (SSSR count). The quantitative estimate of drug-likeness (QED) is 0.770. The van der Waals surface area contributed by atoms with Crippen molar-refractivity contribution in [2.45, 2.75) is 39.8 Å². The first kappa shape index (κ1) is 11.7. The summed E-state index contributed by atoms with van der Waals surface area (Å²) in [6.07, 6.45) is 9.89. The average molecular weight is 220 g/mol. The summed E-state index contributed by atoms with van der Waals surface area (Å²) in [7, 11) is 0. The van der Waals surface area contributed by atoms with Crippen molar-refractivity contribution >= 4 is 0 Å². The van der Waals surface area contributed by atoms with Gasteiger partial charge in [-0.05, 0) is 36.3 Å². The monoisotopic (exact) mass is 220 g/mol. The Morgan fingerprint density at radius 3 is 2.50 bits per heavy atom. The van der Waals surface area contributed by atoms with E-state index in [0.29, 0.717) is 12.1 Å².